The van der Waals surface area contributed by atoms with Crippen LogP contribution in [0.5, 0.6) is 0 Å². The molecular weight excluding hydrogens is 236 g/mol. The van der Waals surface area contributed by atoms with Crippen LogP contribution in [0.1, 0.15) is 13.8 Å². The van der Waals surface area contributed by atoms with Gasteiger partial charge in [-0.05, 0) is 13.8 Å². The molecule has 1 aliphatic rings. The van der Waals surface area contributed by atoms with Crippen molar-refractivity contribution in [1.82, 2.24) is 19.8 Å². The van der Waals surface area contributed by atoms with Crippen molar-refractivity contribution < 1.29 is 14.4 Å². The number of hydrogen-bond acceptors (Lipinski definition) is 4. The molecule has 2 rings (SSSR count). The van der Waals surface area contributed by atoms with Crippen molar-refractivity contribution in [3.8, 4) is 0 Å². The van der Waals surface area contributed by atoms with Crippen molar-refractivity contribution in [3.63, 3.8) is 0 Å². The highest BCUT2D eigenvalue weighted by molar-refractivity contribution is 6.18. The molecule has 0 saturated carbocycles. The summed E-state index contributed by atoms with van der Waals surface area (Å²) in [5.41, 5.74) is -1.21. The van der Waals surface area contributed by atoms with Gasteiger partial charge < -0.3 is 4.57 Å². The number of urea groups is 1. The third-order valence-corrected chi connectivity index (χ3v) is 2.95. The standard InChI is InChI=1S/C11H14N4O3/c1-11(2)8(16)13-10(18)15(9(11)17)6-5-14-4-3-12-7-14/h3-4,7H,5-6H2,1-2H3,(H,13,16,18). The van der Waals surface area contributed by atoms with Crippen LogP contribution in [0.15, 0.2) is 18.7 Å². The number of imide groups is 2. The Labute approximate surface area is 104 Å². The highest BCUT2D eigenvalue weighted by Crippen LogP contribution is 2.23. The predicted octanol–water partition coefficient (Wildman–Crippen LogP) is -0.0123. The first-order valence-corrected chi connectivity index (χ1v) is 5.56. The molecule has 4 amide bonds. The molecule has 1 aromatic heterocycles. The van der Waals surface area contributed by atoms with Crippen molar-refractivity contribution in [1.29, 1.82) is 0 Å². The van der Waals surface area contributed by atoms with Gasteiger partial charge in [-0.15, -0.1) is 0 Å². The molecule has 0 spiro atoms. The molecule has 0 atom stereocenters. The second-order valence-corrected chi connectivity index (χ2v) is 4.64. The quantitative estimate of drug-likeness (QED) is 0.764. The summed E-state index contributed by atoms with van der Waals surface area (Å²) in [7, 11) is 0. The zero-order valence-corrected chi connectivity index (χ0v) is 10.2. The molecule has 18 heavy (non-hydrogen) atoms. The number of barbiturate groups is 1. The van der Waals surface area contributed by atoms with E-state index >= 15 is 0 Å². The lowest BCUT2D eigenvalue weighted by molar-refractivity contribution is -0.149. The Kier molecular flexibility index (Phi) is 2.90. The zero-order valence-electron chi connectivity index (χ0n) is 10.2. The summed E-state index contributed by atoms with van der Waals surface area (Å²) < 4.78 is 1.75. The summed E-state index contributed by atoms with van der Waals surface area (Å²) in [6.07, 6.45) is 4.96. The fourth-order valence-electron chi connectivity index (χ4n) is 1.69. The van der Waals surface area contributed by atoms with Crippen molar-refractivity contribution in [3.05, 3.63) is 18.7 Å². The van der Waals surface area contributed by atoms with Gasteiger partial charge in [0.1, 0.15) is 5.41 Å². The minimum Gasteiger partial charge on any atom is -0.336 e. The first kappa shape index (κ1) is 12.3. The number of nitrogens with zero attached hydrogens (tertiary/aromatic N) is 3. The summed E-state index contributed by atoms with van der Waals surface area (Å²) in [6.45, 7) is 3.66. The molecule has 1 saturated heterocycles. The maximum Gasteiger partial charge on any atom is 0.330 e. The van der Waals surface area contributed by atoms with E-state index in [1.807, 2.05) is 0 Å². The van der Waals surface area contributed by atoms with Gasteiger partial charge in [-0.1, -0.05) is 0 Å². The maximum atomic E-state index is 12.0. The Hall–Kier alpha value is -2.18. The van der Waals surface area contributed by atoms with Gasteiger partial charge >= 0.3 is 6.03 Å². The molecule has 96 valence electrons. The first-order valence-electron chi connectivity index (χ1n) is 5.56. The Bertz CT molecular complexity index is 492. The van der Waals surface area contributed by atoms with Gasteiger partial charge in [0.05, 0.1) is 6.33 Å². The van der Waals surface area contributed by atoms with Crippen molar-refractivity contribution in [2.75, 3.05) is 6.54 Å². The third kappa shape index (κ3) is 1.99. The fourth-order valence-corrected chi connectivity index (χ4v) is 1.69. The van der Waals surface area contributed by atoms with E-state index in [2.05, 4.69) is 10.3 Å². The number of nitrogens with one attached hydrogen (secondary N) is 1. The molecule has 1 aliphatic heterocycles. The highest BCUT2D eigenvalue weighted by atomic mass is 16.2. The van der Waals surface area contributed by atoms with Crippen LogP contribution >= 0.6 is 0 Å². The van der Waals surface area contributed by atoms with Crippen LogP contribution in [0.2, 0.25) is 0 Å². The molecule has 1 aromatic rings. The van der Waals surface area contributed by atoms with E-state index in [1.165, 1.54) is 13.8 Å². The molecule has 0 bridgehead atoms. The highest BCUT2D eigenvalue weighted by Gasteiger charge is 2.46. The monoisotopic (exact) mass is 250 g/mol. The summed E-state index contributed by atoms with van der Waals surface area (Å²) >= 11 is 0. The lowest BCUT2D eigenvalue weighted by Gasteiger charge is -2.34. The molecule has 7 heteroatoms. The minimum absolute atomic E-state index is 0.206. The van der Waals surface area contributed by atoms with Crippen molar-refractivity contribution >= 4 is 17.8 Å². The summed E-state index contributed by atoms with van der Waals surface area (Å²) in [5.74, 6) is -1.03. The van der Waals surface area contributed by atoms with Gasteiger partial charge in [-0.3, -0.25) is 19.8 Å². The number of hydrogen-bond donors (Lipinski definition) is 1. The average Bonchev–Trinajstić information content (AvgIpc) is 2.80. The largest absolute Gasteiger partial charge is 0.336 e. The SMILES string of the molecule is CC1(C)C(=O)NC(=O)N(CCn2ccnc2)C1=O. The zero-order chi connectivity index (χ0) is 13.3. The summed E-state index contributed by atoms with van der Waals surface area (Å²) in [6, 6.07) is -0.663. The van der Waals surface area contributed by atoms with E-state index in [0.29, 0.717) is 6.54 Å². The predicted molar refractivity (Wildman–Crippen MR) is 61.3 cm³/mol. The normalized spacial score (nSPS) is 19.0. The summed E-state index contributed by atoms with van der Waals surface area (Å²) in [4.78, 5) is 40.1. The van der Waals surface area contributed by atoms with E-state index in [4.69, 9.17) is 0 Å². The number of imidazole rings is 1. The van der Waals surface area contributed by atoms with Crippen molar-refractivity contribution in [2.24, 2.45) is 5.41 Å². The van der Waals surface area contributed by atoms with Crippen LogP contribution in [0.4, 0.5) is 4.79 Å². The third-order valence-electron chi connectivity index (χ3n) is 2.95. The van der Waals surface area contributed by atoms with Crippen LogP contribution < -0.4 is 5.32 Å². The van der Waals surface area contributed by atoms with Crippen LogP contribution in [-0.2, 0) is 16.1 Å². The average molecular weight is 250 g/mol. The Morgan fingerprint density at radius 1 is 1.28 bits per heavy atom. The lowest BCUT2D eigenvalue weighted by Crippen LogP contribution is -2.62. The van der Waals surface area contributed by atoms with Crippen LogP contribution in [0.25, 0.3) is 0 Å². The smallest absolute Gasteiger partial charge is 0.330 e. The van der Waals surface area contributed by atoms with E-state index in [0.717, 1.165) is 4.90 Å². The Morgan fingerprint density at radius 3 is 2.61 bits per heavy atom. The molecule has 0 radical (unpaired) electrons. The second kappa shape index (κ2) is 4.25. The maximum absolute atomic E-state index is 12.0. The van der Waals surface area contributed by atoms with Gasteiger partial charge in [0.15, 0.2) is 0 Å². The molecule has 1 fully saturated rings. The Balaban J connectivity index is 2.09. The van der Waals surface area contributed by atoms with E-state index in [9.17, 15) is 14.4 Å². The van der Waals surface area contributed by atoms with E-state index in [1.54, 1.807) is 23.3 Å². The fraction of sp³-hybridized carbons (Fsp3) is 0.455. The molecular formula is C11H14N4O3. The minimum atomic E-state index is -1.21. The van der Waals surface area contributed by atoms with Gasteiger partial charge in [0.25, 0.3) is 0 Å². The van der Waals surface area contributed by atoms with Crippen LogP contribution in [0, 0.1) is 5.41 Å². The molecule has 1 N–H and O–H groups in total. The van der Waals surface area contributed by atoms with Crippen LogP contribution in [-0.4, -0.2) is 38.8 Å². The molecule has 7 nitrogen and oxygen atoms in total. The topological polar surface area (TPSA) is 84.3 Å². The summed E-state index contributed by atoms with van der Waals surface area (Å²) in [5, 5.41) is 2.18. The molecule has 0 aliphatic carbocycles. The van der Waals surface area contributed by atoms with Gasteiger partial charge in [-0.2, -0.15) is 0 Å². The lowest BCUT2D eigenvalue weighted by atomic mass is 9.89. The van der Waals surface area contributed by atoms with E-state index < -0.39 is 23.3 Å². The van der Waals surface area contributed by atoms with E-state index in [-0.39, 0.29) is 6.54 Å². The van der Waals surface area contributed by atoms with Crippen LogP contribution in [0.3, 0.4) is 0 Å². The Morgan fingerprint density at radius 2 is 2.00 bits per heavy atom. The van der Waals surface area contributed by atoms with Gasteiger partial charge in [0, 0.05) is 25.5 Å². The molecule has 0 aromatic carbocycles. The number of aromatic nitrogens is 2. The first-order chi connectivity index (χ1) is 8.43. The van der Waals surface area contributed by atoms with Crippen molar-refractivity contribution in [2.45, 2.75) is 20.4 Å². The molecule has 0 unspecified atom stereocenters. The number of rotatable bonds is 3. The van der Waals surface area contributed by atoms with Gasteiger partial charge in [-0.25, -0.2) is 9.78 Å². The number of carbonyl (C=O) groups is 3. The number of amides is 4. The number of carbonyl (C=O) groups excluding carboxylic acids is 3. The molecule has 2 heterocycles. The second-order valence-electron chi connectivity index (χ2n) is 4.64. The van der Waals surface area contributed by atoms with Gasteiger partial charge in [0.2, 0.25) is 11.8 Å².